The van der Waals surface area contributed by atoms with Crippen molar-refractivity contribution in [1.29, 1.82) is 0 Å². The Bertz CT molecular complexity index is 1110. The minimum Gasteiger partial charge on any atom is -0.497 e. The van der Waals surface area contributed by atoms with E-state index in [0.29, 0.717) is 31.6 Å². The Hall–Kier alpha value is -3.31. The number of rotatable bonds is 9. The second kappa shape index (κ2) is 9.28. The molecule has 5 heteroatoms. The maximum absolute atomic E-state index is 11.9. The molecular formula is C28H31NO4. The van der Waals surface area contributed by atoms with Crippen LogP contribution in [0.3, 0.4) is 0 Å². The Morgan fingerprint density at radius 3 is 2.45 bits per heavy atom. The van der Waals surface area contributed by atoms with Crippen LogP contribution in [0.25, 0.3) is 0 Å². The number of esters is 1. The van der Waals surface area contributed by atoms with E-state index in [9.17, 15) is 9.90 Å². The molecular weight excluding hydrogens is 414 g/mol. The summed E-state index contributed by atoms with van der Waals surface area (Å²) in [6, 6.07) is 23.7. The van der Waals surface area contributed by atoms with Gasteiger partial charge in [-0.15, -0.1) is 0 Å². The van der Waals surface area contributed by atoms with Crippen LogP contribution in [0.2, 0.25) is 0 Å². The molecule has 1 aliphatic rings. The van der Waals surface area contributed by atoms with E-state index >= 15 is 0 Å². The van der Waals surface area contributed by atoms with Crippen molar-refractivity contribution in [3.05, 3.63) is 95.1 Å². The third-order valence-electron chi connectivity index (χ3n) is 6.32. The zero-order chi connectivity index (χ0) is 23.5. The molecule has 0 aromatic heterocycles. The molecule has 172 valence electrons. The van der Waals surface area contributed by atoms with Crippen molar-refractivity contribution in [2.45, 2.75) is 44.3 Å². The number of hydrogen-bond acceptors (Lipinski definition) is 5. The number of aliphatic hydroxyl groups is 1. The summed E-state index contributed by atoms with van der Waals surface area (Å²) in [4.78, 5) is 11.7. The Labute approximate surface area is 195 Å². The predicted octanol–water partition coefficient (Wildman–Crippen LogP) is 5.12. The van der Waals surface area contributed by atoms with Crippen LogP contribution in [-0.4, -0.2) is 30.3 Å². The number of cyclic esters (lactones) is 1. The van der Waals surface area contributed by atoms with Crippen LogP contribution in [0, 0.1) is 0 Å². The molecule has 1 unspecified atom stereocenters. The molecule has 33 heavy (non-hydrogen) atoms. The maximum Gasteiger partial charge on any atom is 0.338 e. The Balaban J connectivity index is 1.56. The molecule has 0 spiro atoms. The third-order valence-corrected chi connectivity index (χ3v) is 6.32. The molecule has 1 atom stereocenters. The van der Waals surface area contributed by atoms with Gasteiger partial charge < -0.3 is 19.9 Å². The lowest BCUT2D eigenvalue weighted by Gasteiger charge is -2.37. The molecule has 3 aromatic carbocycles. The first-order chi connectivity index (χ1) is 15.8. The molecule has 0 aliphatic carbocycles. The van der Waals surface area contributed by atoms with Crippen LogP contribution < -0.4 is 10.1 Å². The molecule has 2 N–H and O–H groups in total. The predicted molar refractivity (Wildman–Crippen MR) is 130 cm³/mol. The fourth-order valence-electron chi connectivity index (χ4n) is 4.63. The van der Waals surface area contributed by atoms with E-state index in [1.807, 2.05) is 54.6 Å². The highest BCUT2D eigenvalue weighted by Gasteiger charge is 2.36. The van der Waals surface area contributed by atoms with Crippen molar-refractivity contribution in [3.8, 4) is 5.75 Å². The van der Waals surface area contributed by atoms with Crippen molar-refractivity contribution in [2.75, 3.05) is 19.0 Å². The average Bonchev–Trinajstić information content (AvgIpc) is 3.18. The van der Waals surface area contributed by atoms with Crippen molar-refractivity contribution in [1.82, 2.24) is 0 Å². The number of ether oxygens (including phenoxy) is 2. The minimum atomic E-state index is -1.01. The molecule has 0 radical (unpaired) electrons. The summed E-state index contributed by atoms with van der Waals surface area (Å²) < 4.78 is 10.4. The van der Waals surface area contributed by atoms with Gasteiger partial charge in [0.1, 0.15) is 12.4 Å². The molecule has 1 aliphatic heterocycles. The largest absolute Gasteiger partial charge is 0.497 e. The Morgan fingerprint density at radius 1 is 1.03 bits per heavy atom. The molecule has 0 fully saturated rings. The smallest absolute Gasteiger partial charge is 0.338 e. The van der Waals surface area contributed by atoms with Gasteiger partial charge in [0, 0.05) is 24.2 Å². The summed E-state index contributed by atoms with van der Waals surface area (Å²) in [6.07, 6.45) is 1.06. The van der Waals surface area contributed by atoms with Crippen molar-refractivity contribution in [2.24, 2.45) is 0 Å². The molecule has 4 rings (SSSR count). The van der Waals surface area contributed by atoms with Gasteiger partial charge in [-0.2, -0.15) is 0 Å². The van der Waals surface area contributed by atoms with Crippen LogP contribution in [0.5, 0.6) is 5.75 Å². The Kier molecular flexibility index (Phi) is 6.43. The lowest BCUT2D eigenvalue weighted by Crippen LogP contribution is -2.44. The number of carbonyl (C=O) groups excluding carboxylic acids is 1. The number of methoxy groups -OCH3 is 1. The van der Waals surface area contributed by atoms with Crippen molar-refractivity contribution < 1.29 is 19.4 Å². The van der Waals surface area contributed by atoms with E-state index in [1.54, 1.807) is 13.2 Å². The van der Waals surface area contributed by atoms with Crippen LogP contribution >= 0.6 is 0 Å². The third kappa shape index (κ3) is 5.37. The molecule has 0 amide bonds. The number of benzene rings is 3. The topological polar surface area (TPSA) is 67.8 Å². The monoisotopic (exact) mass is 445 g/mol. The van der Waals surface area contributed by atoms with E-state index in [0.717, 1.165) is 22.6 Å². The van der Waals surface area contributed by atoms with Gasteiger partial charge in [0.05, 0.1) is 18.3 Å². The minimum absolute atomic E-state index is 0.234. The highest BCUT2D eigenvalue weighted by Crippen LogP contribution is 2.35. The molecule has 3 aromatic rings. The van der Waals surface area contributed by atoms with Gasteiger partial charge in [-0.25, -0.2) is 4.79 Å². The zero-order valence-electron chi connectivity index (χ0n) is 19.4. The summed E-state index contributed by atoms with van der Waals surface area (Å²) in [7, 11) is 1.65. The average molecular weight is 446 g/mol. The molecule has 0 saturated carbocycles. The van der Waals surface area contributed by atoms with Gasteiger partial charge in [0.15, 0.2) is 0 Å². The second-order valence-electron chi connectivity index (χ2n) is 9.48. The van der Waals surface area contributed by atoms with Gasteiger partial charge in [-0.3, -0.25) is 0 Å². The fourth-order valence-corrected chi connectivity index (χ4v) is 4.63. The first kappa shape index (κ1) is 22.9. The lowest BCUT2D eigenvalue weighted by molar-refractivity contribution is 0.0257. The second-order valence-corrected chi connectivity index (χ2v) is 9.48. The summed E-state index contributed by atoms with van der Waals surface area (Å²) in [6.45, 7) is 4.99. The standard InChI is InChI=1S/C28H31NO4/c1-27(2,22-7-5-4-6-8-22)18-28(31,16-20-9-12-24(32-3)13-10-20)19-29-23-11-14-25-21(15-23)17-33-26(25)30/h4-15,29,31H,16-19H2,1-3H3. The van der Waals surface area contributed by atoms with E-state index in [4.69, 9.17) is 9.47 Å². The number of nitrogens with one attached hydrogen (secondary N) is 1. The summed E-state index contributed by atoms with van der Waals surface area (Å²) in [5.41, 5.74) is 3.32. The maximum atomic E-state index is 11.9. The van der Waals surface area contributed by atoms with Crippen LogP contribution in [-0.2, 0) is 23.2 Å². The molecule has 0 bridgehead atoms. The summed E-state index contributed by atoms with van der Waals surface area (Å²) in [5.74, 6) is 0.511. The van der Waals surface area contributed by atoms with E-state index in [1.165, 1.54) is 5.56 Å². The first-order valence-electron chi connectivity index (χ1n) is 11.2. The summed E-state index contributed by atoms with van der Waals surface area (Å²) in [5, 5.41) is 15.3. The normalized spacial score (nSPS) is 14.8. The van der Waals surface area contributed by atoms with Gasteiger partial charge in [-0.1, -0.05) is 56.3 Å². The van der Waals surface area contributed by atoms with Crippen LogP contribution in [0.4, 0.5) is 5.69 Å². The molecule has 0 saturated heterocycles. The van der Waals surface area contributed by atoms with Gasteiger partial charge in [0.25, 0.3) is 0 Å². The van der Waals surface area contributed by atoms with E-state index < -0.39 is 5.60 Å². The lowest BCUT2D eigenvalue weighted by atomic mass is 9.73. The van der Waals surface area contributed by atoms with E-state index in [2.05, 4.69) is 31.3 Å². The molecule has 1 heterocycles. The van der Waals surface area contributed by atoms with Gasteiger partial charge in [0.2, 0.25) is 0 Å². The number of anilines is 1. The SMILES string of the molecule is COc1ccc(CC(O)(CNc2ccc3c(c2)COC3=O)CC(C)(C)c2ccccc2)cc1. The number of carbonyl (C=O) groups is 1. The van der Waals surface area contributed by atoms with Crippen LogP contribution in [0.1, 0.15) is 47.3 Å². The zero-order valence-corrected chi connectivity index (χ0v) is 19.4. The summed E-state index contributed by atoms with van der Waals surface area (Å²) >= 11 is 0. The Morgan fingerprint density at radius 2 is 1.76 bits per heavy atom. The fraction of sp³-hybridized carbons (Fsp3) is 0.321. The van der Waals surface area contributed by atoms with Crippen LogP contribution in [0.15, 0.2) is 72.8 Å². The van der Waals surface area contributed by atoms with Gasteiger partial charge in [-0.05, 0) is 53.3 Å². The highest BCUT2D eigenvalue weighted by atomic mass is 16.5. The van der Waals surface area contributed by atoms with E-state index in [-0.39, 0.29) is 11.4 Å². The first-order valence-corrected chi connectivity index (χ1v) is 11.2. The van der Waals surface area contributed by atoms with Crippen molar-refractivity contribution >= 4 is 11.7 Å². The molecule has 5 nitrogen and oxygen atoms in total. The number of hydrogen-bond donors (Lipinski definition) is 2. The van der Waals surface area contributed by atoms with Crippen molar-refractivity contribution in [3.63, 3.8) is 0 Å². The van der Waals surface area contributed by atoms with Gasteiger partial charge >= 0.3 is 5.97 Å². The highest BCUT2D eigenvalue weighted by molar-refractivity contribution is 5.93. The quantitative estimate of drug-likeness (QED) is 0.448. The number of fused-ring (bicyclic) bond motifs is 1.